The lowest BCUT2D eigenvalue weighted by atomic mass is 10.1. The van der Waals surface area contributed by atoms with Crippen LogP contribution in [0.15, 0.2) is 67.0 Å². The average molecular weight is 324 g/mol. The Bertz CT molecular complexity index is 885. The molecule has 0 radical (unpaired) electrons. The maximum absolute atomic E-state index is 13.6. The van der Waals surface area contributed by atoms with E-state index in [0.717, 1.165) is 23.3 Å². The summed E-state index contributed by atoms with van der Waals surface area (Å²) in [4.78, 5) is 12.0. The summed E-state index contributed by atoms with van der Waals surface area (Å²) in [6, 6.07) is 12.7. The first kappa shape index (κ1) is 15.8. The zero-order valence-corrected chi connectivity index (χ0v) is 12.7. The molecule has 0 atom stereocenters. The molecular weight excluding hydrogens is 310 g/mol. The lowest BCUT2D eigenvalue weighted by Gasteiger charge is -2.00. The van der Waals surface area contributed by atoms with Gasteiger partial charge in [0, 0.05) is 17.8 Å². The highest BCUT2D eigenvalue weighted by molar-refractivity contribution is 6.06. The third-order valence-electron chi connectivity index (χ3n) is 3.46. The molecule has 1 heterocycles. The van der Waals surface area contributed by atoms with E-state index in [2.05, 4.69) is 5.10 Å². The van der Waals surface area contributed by atoms with Crippen molar-refractivity contribution in [1.29, 1.82) is 0 Å². The number of allylic oxidation sites excluding steroid dienone is 1. The molecule has 0 spiro atoms. The Hall–Kier alpha value is -3.08. The van der Waals surface area contributed by atoms with Crippen molar-refractivity contribution in [2.75, 3.05) is 0 Å². The lowest BCUT2D eigenvalue weighted by molar-refractivity contribution is 0.104. The molecule has 0 aliphatic heterocycles. The summed E-state index contributed by atoms with van der Waals surface area (Å²) in [5.74, 6) is -2.11. The van der Waals surface area contributed by atoms with Crippen molar-refractivity contribution in [3.05, 3.63) is 95.3 Å². The van der Waals surface area contributed by atoms with Crippen molar-refractivity contribution in [3.63, 3.8) is 0 Å². The van der Waals surface area contributed by atoms with Crippen molar-refractivity contribution in [3.8, 4) is 0 Å². The van der Waals surface area contributed by atoms with Gasteiger partial charge in [0.15, 0.2) is 5.78 Å². The molecule has 0 saturated heterocycles. The number of ketones is 1. The SMILES string of the molecule is O=C(C=Cc1cnn(Cc2ccccc2)c1)c1ccc(F)cc1F. The van der Waals surface area contributed by atoms with Crippen molar-refractivity contribution in [1.82, 2.24) is 9.78 Å². The van der Waals surface area contributed by atoms with Crippen LogP contribution in [0.2, 0.25) is 0 Å². The van der Waals surface area contributed by atoms with Crippen LogP contribution >= 0.6 is 0 Å². The minimum Gasteiger partial charge on any atom is -0.289 e. The van der Waals surface area contributed by atoms with Crippen LogP contribution in [0.4, 0.5) is 8.78 Å². The van der Waals surface area contributed by atoms with E-state index in [9.17, 15) is 13.6 Å². The molecular formula is C19H14F2N2O. The molecule has 0 saturated carbocycles. The minimum atomic E-state index is -0.871. The second-order valence-corrected chi connectivity index (χ2v) is 5.28. The Kier molecular flexibility index (Phi) is 4.61. The van der Waals surface area contributed by atoms with Crippen LogP contribution in [0.25, 0.3) is 6.08 Å². The zero-order chi connectivity index (χ0) is 16.9. The normalized spacial score (nSPS) is 11.1. The van der Waals surface area contributed by atoms with Gasteiger partial charge in [-0.2, -0.15) is 5.10 Å². The second kappa shape index (κ2) is 7.00. The number of halogens is 2. The van der Waals surface area contributed by atoms with Gasteiger partial charge in [0.05, 0.1) is 18.3 Å². The molecule has 0 aliphatic carbocycles. The monoisotopic (exact) mass is 324 g/mol. The van der Waals surface area contributed by atoms with Gasteiger partial charge < -0.3 is 0 Å². The van der Waals surface area contributed by atoms with Crippen LogP contribution in [0.1, 0.15) is 21.5 Å². The van der Waals surface area contributed by atoms with Crippen LogP contribution in [0, 0.1) is 11.6 Å². The van der Waals surface area contributed by atoms with Gasteiger partial charge in [-0.1, -0.05) is 30.3 Å². The summed E-state index contributed by atoms with van der Waals surface area (Å²) in [5.41, 5.74) is 1.67. The van der Waals surface area contributed by atoms with Gasteiger partial charge in [0.25, 0.3) is 0 Å². The first-order valence-corrected chi connectivity index (χ1v) is 7.36. The quantitative estimate of drug-likeness (QED) is 0.523. The molecule has 0 fully saturated rings. The predicted molar refractivity (Wildman–Crippen MR) is 87.5 cm³/mol. The smallest absolute Gasteiger partial charge is 0.188 e. The fourth-order valence-corrected chi connectivity index (χ4v) is 2.27. The van der Waals surface area contributed by atoms with E-state index in [0.29, 0.717) is 12.6 Å². The van der Waals surface area contributed by atoms with E-state index in [1.54, 1.807) is 23.2 Å². The number of rotatable bonds is 5. The molecule has 5 heteroatoms. The molecule has 3 nitrogen and oxygen atoms in total. The van der Waals surface area contributed by atoms with E-state index < -0.39 is 17.4 Å². The summed E-state index contributed by atoms with van der Waals surface area (Å²) < 4.78 is 28.2. The van der Waals surface area contributed by atoms with Gasteiger partial charge in [-0.15, -0.1) is 0 Å². The Balaban J connectivity index is 1.70. The number of carbonyl (C=O) groups is 1. The summed E-state index contributed by atoms with van der Waals surface area (Å²) in [5, 5.41) is 4.22. The van der Waals surface area contributed by atoms with Crippen LogP contribution in [0.3, 0.4) is 0 Å². The maximum atomic E-state index is 13.6. The minimum absolute atomic E-state index is 0.163. The summed E-state index contributed by atoms with van der Waals surface area (Å²) >= 11 is 0. The van der Waals surface area contributed by atoms with Gasteiger partial charge in [0.1, 0.15) is 11.6 Å². The van der Waals surface area contributed by atoms with Crippen molar-refractivity contribution < 1.29 is 13.6 Å². The van der Waals surface area contributed by atoms with E-state index >= 15 is 0 Å². The molecule has 3 rings (SSSR count). The predicted octanol–water partition coefficient (Wildman–Crippen LogP) is 4.11. The lowest BCUT2D eigenvalue weighted by Crippen LogP contribution is -1.99. The fourth-order valence-electron chi connectivity index (χ4n) is 2.27. The number of hydrogen-bond acceptors (Lipinski definition) is 2. The first-order chi connectivity index (χ1) is 11.6. The first-order valence-electron chi connectivity index (χ1n) is 7.36. The maximum Gasteiger partial charge on any atom is 0.188 e. The van der Waals surface area contributed by atoms with E-state index in [-0.39, 0.29) is 5.56 Å². The van der Waals surface area contributed by atoms with Crippen molar-refractivity contribution in [2.45, 2.75) is 6.54 Å². The van der Waals surface area contributed by atoms with Gasteiger partial charge in [-0.25, -0.2) is 8.78 Å². The number of hydrogen-bond donors (Lipinski definition) is 0. The average Bonchev–Trinajstić information content (AvgIpc) is 3.01. The van der Waals surface area contributed by atoms with E-state index in [1.807, 2.05) is 30.3 Å². The third-order valence-corrected chi connectivity index (χ3v) is 3.46. The molecule has 24 heavy (non-hydrogen) atoms. The van der Waals surface area contributed by atoms with Crippen LogP contribution in [-0.2, 0) is 6.54 Å². The molecule has 1 aromatic heterocycles. The Morgan fingerprint density at radius 1 is 1.12 bits per heavy atom. The summed E-state index contributed by atoms with van der Waals surface area (Å²) in [6.07, 6.45) is 6.21. The van der Waals surface area contributed by atoms with E-state index in [1.165, 1.54) is 6.08 Å². The Morgan fingerprint density at radius 3 is 2.67 bits per heavy atom. The largest absolute Gasteiger partial charge is 0.289 e. The van der Waals surface area contributed by atoms with Crippen LogP contribution < -0.4 is 0 Å². The second-order valence-electron chi connectivity index (χ2n) is 5.28. The van der Waals surface area contributed by atoms with Gasteiger partial charge >= 0.3 is 0 Å². The van der Waals surface area contributed by atoms with Crippen LogP contribution in [-0.4, -0.2) is 15.6 Å². The third kappa shape index (κ3) is 3.81. The van der Waals surface area contributed by atoms with Gasteiger partial charge in [0.2, 0.25) is 0 Å². The Morgan fingerprint density at radius 2 is 1.92 bits per heavy atom. The number of nitrogens with zero attached hydrogens (tertiary/aromatic N) is 2. The molecule has 0 bridgehead atoms. The number of carbonyl (C=O) groups excluding carboxylic acids is 1. The highest BCUT2D eigenvalue weighted by Crippen LogP contribution is 2.12. The summed E-state index contributed by atoms with van der Waals surface area (Å²) in [6.45, 7) is 0.620. The highest BCUT2D eigenvalue weighted by atomic mass is 19.1. The molecule has 0 amide bonds. The van der Waals surface area contributed by atoms with Gasteiger partial charge in [-0.3, -0.25) is 9.48 Å². The zero-order valence-electron chi connectivity index (χ0n) is 12.7. The molecule has 0 aliphatic rings. The van der Waals surface area contributed by atoms with Crippen LogP contribution in [0.5, 0.6) is 0 Å². The molecule has 3 aromatic rings. The number of benzene rings is 2. The Labute approximate surface area is 137 Å². The molecule has 120 valence electrons. The standard InChI is InChI=1S/C19H14F2N2O/c20-16-7-8-17(18(21)10-16)19(24)9-6-15-11-22-23(13-15)12-14-4-2-1-3-5-14/h1-11,13H,12H2. The van der Waals surface area contributed by atoms with Crippen molar-refractivity contribution in [2.24, 2.45) is 0 Å². The molecule has 0 N–H and O–H groups in total. The molecule has 2 aromatic carbocycles. The van der Waals surface area contributed by atoms with E-state index in [4.69, 9.17) is 0 Å². The highest BCUT2D eigenvalue weighted by Gasteiger charge is 2.09. The number of aromatic nitrogens is 2. The molecule has 0 unspecified atom stereocenters. The topological polar surface area (TPSA) is 34.9 Å². The fraction of sp³-hybridized carbons (Fsp3) is 0.0526. The van der Waals surface area contributed by atoms with Gasteiger partial charge in [-0.05, 0) is 29.8 Å². The van der Waals surface area contributed by atoms with Crippen molar-refractivity contribution >= 4 is 11.9 Å². The summed E-state index contributed by atoms with van der Waals surface area (Å²) in [7, 11) is 0.